The SMILES string of the molecule is O=C1CCCN1c1ccc(COCC(CO)(OC[C@H]2O[C@@H](n3ncc4c(NC5CCCC5)nc(Cl)nc43)[C@H](O)[C@@H]2O)P(=O)(O)O)cc1.O=P(O)(O)C(CO)(COCc1ccccn1)OC[C@H]1O[C@@H](n2ncc3c(NC4CCCC4)nc(Cl)nc32)[C@H](O)[C@@H]1O.O=P(O)(O)C(CO)(Cc1ccc(-c2cccc(F)c2O)cc1)OC[C@H]1O[C@@H](n2ncc3c(NC4CCCC4)nc(Cl)nc32)[C@H](O)[C@@H]1O. The van der Waals surface area contributed by atoms with Crippen molar-refractivity contribution in [3.63, 3.8) is 0 Å². The third kappa shape index (κ3) is 22.5. The second kappa shape index (κ2) is 43.2. The van der Waals surface area contributed by atoms with Crippen molar-refractivity contribution in [3.8, 4) is 16.9 Å². The van der Waals surface area contributed by atoms with Gasteiger partial charge in [-0.1, -0.05) is 93.1 Å². The lowest BCUT2D eigenvalue weighted by atomic mass is 10.0. The monoisotopic (exact) mass is 2000 g/mol. The van der Waals surface area contributed by atoms with E-state index in [1.807, 2.05) is 0 Å². The number of aromatic hydroxyl groups is 1. The van der Waals surface area contributed by atoms with Crippen LogP contribution in [0.4, 0.5) is 27.5 Å². The number of hydrogen-bond acceptors (Lipinski definition) is 35. The zero-order valence-corrected chi connectivity index (χ0v) is 77.1. The number of aromatic nitrogens is 13. The zero-order chi connectivity index (χ0) is 96.1. The standard InChI is InChI=1S/C30H34ClFN5O9P.C29H38ClN6O10P.C24H32ClN6O9P/c31-29-35-26(34-18-4-1-2-5-18)20-13-33-37(27(20)36-29)28-25(41)24(40)22(46-28)14-45-30(15-38,47(42,43)44)12-16-8-10-17(11-9-16)19-6-3-7-21(32)23(19)39;30-28-33-25(32-18-4-1-2-5-18)20-12-31-36(26(20)34-28)27-24(40)23(39)21(46-27)14-45-29(15-37,47(41,42)43)16-44-13-17-7-9-19(10-8-17)35-11-3-6-22(35)38;25-23-29-20(28-14-5-1-2-6-14)16-9-27-31(21(16)30-23)22-19(34)18(33)17(40-22)11-39-24(12-32,41(35,36)37)13-38-10-15-7-3-4-8-26-15/h3,6-11,13,18,22,24-25,28,38-41H,1-2,4-5,12,14-15H2,(H,34,35,36)(H2,42,43,44);7-10,12,18,21,23-24,27,37,39-40H,1-6,11,13-16H2,(H,32,33,34)(H2,41,42,43);3-4,7-9,14,17-19,22,32-34H,1-2,5-6,10-13H2,(H,28,29,30)(H2,35,36,37)/t22-,24-,25-,28-,30?;21-,23-,24-,27-,29?;17-,18-,19-,22-,24?/m111/s1. The molecule has 7 fully saturated rings. The molecule has 3 aromatic carbocycles. The van der Waals surface area contributed by atoms with Crippen LogP contribution < -0.4 is 20.9 Å². The fourth-order valence-electron chi connectivity index (χ4n) is 17.2. The Morgan fingerprint density at radius 2 is 0.867 bits per heavy atom. The lowest BCUT2D eigenvalue weighted by Crippen LogP contribution is -2.45. The van der Waals surface area contributed by atoms with Gasteiger partial charge in [0.05, 0.1) is 107 Å². The van der Waals surface area contributed by atoms with Crippen LogP contribution in [0.2, 0.25) is 15.9 Å². The highest BCUT2D eigenvalue weighted by atomic mass is 35.5. The molecule has 0 spiro atoms. The van der Waals surface area contributed by atoms with Gasteiger partial charge in [-0.25, -0.2) is 18.4 Å². The number of para-hydroxylation sites is 1. The number of ether oxygens (including phenoxy) is 8. The second-order valence-electron chi connectivity index (χ2n) is 34.0. The number of pyridine rings is 1. The molecule has 732 valence electrons. The van der Waals surface area contributed by atoms with Crippen molar-refractivity contribution in [1.29, 1.82) is 0 Å². The average Bonchev–Trinajstić information content (AvgIpc) is 1.60. The predicted octanol–water partition coefficient (Wildman–Crippen LogP) is 5.72. The molecule has 17 rings (SSSR count). The predicted molar refractivity (Wildman–Crippen MR) is 479 cm³/mol. The molecule has 52 heteroatoms. The van der Waals surface area contributed by atoms with E-state index in [1.165, 1.54) is 75.2 Å². The van der Waals surface area contributed by atoms with Crippen LogP contribution in [0.25, 0.3) is 44.2 Å². The third-order valence-electron chi connectivity index (χ3n) is 24.9. The van der Waals surface area contributed by atoms with Crippen molar-refractivity contribution in [2.75, 3.05) is 80.3 Å². The summed E-state index contributed by atoms with van der Waals surface area (Å²) in [6, 6.07) is 22.8. The lowest BCUT2D eigenvalue weighted by molar-refractivity contribution is -0.131. The second-order valence-corrected chi connectivity index (χ2v) is 40.8. The summed E-state index contributed by atoms with van der Waals surface area (Å²) in [5.41, 5.74) is 3.65. The Morgan fingerprint density at radius 3 is 1.24 bits per heavy atom. The number of phenols is 1. The molecule has 11 heterocycles. The Morgan fingerprint density at radius 1 is 0.474 bits per heavy atom. The number of phenolic OH excluding ortho intramolecular Hbond substituents is 1. The lowest BCUT2D eigenvalue weighted by Gasteiger charge is -2.34. The van der Waals surface area contributed by atoms with Crippen molar-refractivity contribution in [2.45, 2.75) is 217 Å². The maximum atomic E-state index is 13.8. The fraction of sp³-hybridized carbons (Fsp3) is 0.530. The van der Waals surface area contributed by atoms with Crippen LogP contribution in [0.5, 0.6) is 5.75 Å². The smallest absolute Gasteiger partial charge is 0.361 e. The molecule has 4 saturated heterocycles. The van der Waals surface area contributed by atoms with Crippen LogP contribution in [-0.4, -0.2) is 299 Å². The molecule has 15 atom stereocenters. The summed E-state index contributed by atoms with van der Waals surface area (Å²) in [4.78, 5) is 104. The Balaban J connectivity index is 0.000000155. The van der Waals surface area contributed by atoms with Gasteiger partial charge in [-0.3, -0.25) is 23.5 Å². The van der Waals surface area contributed by atoms with E-state index < -0.39 is 183 Å². The molecule has 3 aliphatic carbocycles. The normalized spacial score (nSPS) is 24.6. The Hall–Kier alpha value is -8.30. The Kier molecular flexibility index (Phi) is 32.4. The molecule has 7 aromatic heterocycles. The largest absolute Gasteiger partial charge is 0.504 e. The zero-order valence-electron chi connectivity index (χ0n) is 72.1. The molecule has 3 saturated carbocycles. The quantitative estimate of drug-likeness (QED) is 0.0165. The van der Waals surface area contributed by atoms with Crippen LogP contribution >= 0.6 is 57.6 Å². The Labute approximate surface area is 783 Å². The van der Waals surface area contributed by atoms with Gasteiger partial charge in [-0.15, -0.1) is 0 Å². The summed E-state index contributed by atoms with van der Waals surface area (Å²) in [6.45, 7) is -6.07. The maximum absolute atomic E-state index is 13.8. The molecule has 0 bridgehead atoms. The molecule has 7 aliphatic rings. The number of nitrogens with one attached hydrogen (secondary N) is 3. The fourth-order valence-corrected chi connectivity index (χ4v) is 19.9. The number of nitrogens with zero attached hydrogens (tertiary/aromatic N) is 14. The number of fused-ring (bicyclic) bond motifs is 3. The highest BCUT2D eigenvalue weighted by Gasteiger charge is 2.56. The number of carbonyl (C=O) groups excluding carboxylic acids is 1. The van der Waals surface area contributed by atoms with Gasteiger partial charge in [-0.2, -0.15) is 45.2 Å². The first-order valence-electron chi connectivity index (χ1n) is 43.5. The van der Waals surface area contributed by atoms with Crippen LogP contribution in [0.15, 0.2) is 110 Å². The molecule has 4 aliphatic heterocycles. The average molecular weight is 2010 g/mol. The molecule has 19 N–H and O–H groups in total. The van der Waals surface area contributed by atoms with Crippen molar-refractivity contribution in [2.24, 2.45) is 0 Å². The van der Waals surface area contributed by atoms with E-state index in [0.717, 1.165) is 95.2 Å². The Bertz CT molecular complexity index is 5890. The van der Waals surface area contributed by atoms with Crippen LogP contribution in [0.1, 0.15) is 125 Å². The van der Waals surface area contributed by atoms with Gasteiger partial charge in [0.25, 0.3) is 0 Å². The summed E-state index contributed by atoms with van der Waals surface area (Å²) < 4.78 is 101. The van der Waals surface area contributed by atoms with Crippen LogP contribution in [0.3, 0.4) is 0 Å². The molecule has 135 heavy (non-hydrogen) atoms. The summed E-state index contributed by atoms with van der Waals surface area (Å²) in [5, 5.41) is 123. The van der Waals surface area contributed by atoms with Gasteiger partial charge in [-0.05, 0) is 127 Å². The van der Waals surface area contributed by atoms with E-state index in [4.69, 9.17) is 72.7 Å². The number of rotatable bonds is 36. The summed E-state index contributed by atoms with van der Waals surface area (Å²) in [7, 11) is -15.5. The first-order chi connectivity index (χ1) is 64.5. The molecule has 10 aromatic rings. The summed E-state index contributed by atoms with van der Waals surface area (Å²) >= 11 is 18.6. The first-order valence-corrected chi connectivity index (χ1v) is 49.5. The summed E-state index contributed by atoms with van der Waals surface area (Å²) in [5.74, 6) is 0.153. The van der Waals surface area contributed by atoms with E-state index in [0.29, 0.717) is 69.0 Å². The molecular weight excluding hydrogens is 1900 g/mol. The minimum Gasteiger partial charge on any atom is -0.504 e. The number of aliphatic hydroxyl groups excluding tert-OH is 9. The van der Waals surface area contributed by atoms with Gasteiger partial charge in [0, 0.05) is 55.0 Å². The van der Waals surface area contributed by atoms with E-state index in [9.17, 15) is 103 Å². The van der Waals surface area contributed by atoms with Gasteiger partial charge < -0.3 is 139 Å². The molecule has 1 amide bonds. The first kappa shape index (κ1) is 101. The van der Waals surface area contributed by atoms with Gasteiger partial charge in [0.15, 0.2) is 52.5 Å². The van der Waals surface area contributed by atoms with Gasteiger partial charge in [0.1, 0.15) is 72.4 Å². The van der Waals surface area contributed by atoms with Gasteiger partial charge in [0.2, 0.25) is 32.4 Å². The molecule has 3 unspecified atom stereocenters. The summed E-state index contributed by atoms with van der Waals surface area (Å²) in [6.07, 6.45) is 2.55. The number of amides is 1. The van der Waals surface area contributed by atoms with E-state index >= 15 is 0 Å². The van der Waals surface area contributed by atoms with Crippen LogP contribution in [0, 0.1) is 5.82 Å². The van der Waals surface area contributed by atoms with E-state index in [1.54, 1.807) is 47.4 Å². The highest BCUT2D eigenvalue weighted by Crippen LogP contribution is 2.56. The minimum absolute atomic E-state index is 0.0484. The van der Waals surface area contributed by atoms with E-state index in [2.05, 4.69) is 66.1 Å². The molecule has 45 nitrogen and oxygen atoms in total. The molecule has 0 radical (unpaired) electrons. The number of hydrogen-bond donors (Lipinski definition) is 19. The maximum Gasteiger partial charge on any atom is 0.361 e. The topological polar surface area (TPSA) is 649 Å². The number of benzene rings is 3. The highest BCUT2D eigenvalue weighted by molar-refractivity contribution is 7.54. The van der Waals surface area contributed by atoms with E-state index in [-0.39, 0.29) is 75.6 Å². The van der Waals surface area contributed by atoms with Gasteiger partial charge >= 0.3 is 22.8 Å². The number of carbonyl (C=O) groups is 1. The van der Waals surface area contributed by atoms with Crippen molar-refractivity contribution >= 4 is 120 Å². The number of aliphatic hydroxyl groups is 9. The number of halogens is 4. The van der Waals surface area contributed by atoms with Crippen molar-refractivity contribution in [1.82, 2.24) is 64.2 Å². The number of anilines is 4. The third-order valence-corrected chi connectivity index (χ3v) is 29.9. The van der Waals surface area contributed by atoms with Crippen LogP contribution in [-0.2, 0) is 76.0 Å². The minimum atomic E-state index is -5.19. The molecular formula is C83H104Cl3FN17O28P3. The van der Waals surface area contributed by atoms with Crippen molar-refractivity contribution in [3.05, 3.63) is 148 Å². The van der Waals surface area contributed by atoms with Crippen molar-refractivity contribution < 1.29 is 141 Å².